The van der Waals surface area contributed by atoms with Crippen LogP contribution in [0.2, 0.25) is 0 Å². The molecule has 0 bridgehead atoms. The molecule has 8 heteroatoms. The average molecular weight is 470 g/mol. The number of aliphatic hydroxyl groups excluding tert-OH is 2. The van der Waals surface area contributed by atoms with Crippen molar-refractivity contribution in [3.63, 3.8) is 0 Å². The van der Waals surface area contributed by atoms with Crippen LogP contribution in [0.25, 0.3) is 11.1 Å². The summed E-state index contributed by atoms with van der Waals surface area (Å²) in [6.45, 7) is 5.49. The highest BCUT2D eigenvalue weighted by atomic mass is 127. The number of anilines is 1. The number of rotatable bonds is 7. The molecule has 0 aromatic carbocycles. The number of nitrogens with zero attached hydrogens (tertiary/aromatic N) is 2. The average Bonchev–Trinajstić information content (AvgIpc) is 2.98. The Bertz CT molecular complexity index is 804. The molecule has 1 amide bonds. The van der Waals surface area contributed by atoms with E-state index in [2.05, 4.69) is 38.5 Å². The van der Waals surface area contributed by atoms with Crippen molar-refractivity contribution in [2.24, 2.45) is 0 Å². The Morgan fingerprint density at radius 2 is 2.15 bits per heavy atom. The van der Waals surface area contributed by atoms with Crippen LogP contribution in [-0.4, -0.2) is 42.6 Å². The lowest BCUT2D eigenvalue weighted by Gasteiger charge is -2.12. The quantitative estimate of drug-likeness (QED) is 0.369. The molecule has 0 unspecified atom stereocenters. The zero-order chi connectivity index (χ0) is 19.3. The number of aromatic nitrogens is 2. The maximum atomic E-state index is 12.3. The van der Waals surface area contributed by atoms with Crippen LogP contribution in [0.4, 0.5) is 5.82 Å². The molecule has 2 atom stereocenters. The van der Waals surface area contributed by atoms with Crippen LogP contribution >= 0.6 is 22.9 Å². The molecule has 4 N–H and O–H groups in total. The van der Waals surface area contributed by atoms with Gasteiger partial charge in [-0.2, -0.15) is 0 Å². The number of carbonyl (C=O) groups excluding carboxylic acids is 1. The minimum Gasteiger partial charge on any atom is -0.516 e. The first-order chi connectivity index (χ1) is 12.3. The van der Waals surface area contributed by atoms with Gasteiger partial charge in [-0.25, -0.2) is 4.98 Å². The summed E-state index contributed by atoms with van der Waals surface area (Å²) >= 11 is 2.06. The molecule has 140 valence electrons. The molecule has 7 nitrogen and oxygen atoms in total. The number of aryl methyl sites for hydroxylation is 1. The van der Waals surface area contributed by atoms with Crippen molar-refractivity contribution in [1.82, 2.24) is 13.1 Å². The molecule has 0 saturated carbocycles. The zero-order valence-corrected chi connectivity index (χ0v) is 17.1. The van der Waals surface area contributed by atoms with Gasteiger partial charge in [-0.05, 0) is 50.1 Å². The zero-order valence-electron chi connectivity index (χ0n) is 14.9. The van der Waals surface area contributed by atoms with Crippen molar-refractivity contribution in [1.29, 1.82) is 0 Å². The lowest BCUT2D eigenvalue weighted by Crippen LogP contribution is -2.35. The summed E-state index contributed by atoms with van der Waals surface area (Å²) in [5.41, 5.74) is 3.35. The van der Waals surface area contributed by atoms with Gasteiger partial charge in [0.2, 0.25) is 0 Å². The minimum absolute atomic E-state index is 0.0708. The van der Waals surface area contributed by atoms with E-state index in [-0.39, 0.29) is 24.6 Å². The summed E-state index contributed by atoms with van der Waals surface area (Å²) in [5, 5.41) is 23.9. The SMILES string of the molecule is Cc1cnc(N[C@@H](C)C=CO)cc1-c1cc(C(=O)N[C@@H](C)CO)n(I)c1. The first-order valence-corrected chi connectivity index (χ1v) is 9.17. The Labute approximate surface area is 166 Å². The van der Waals surface area contributed by atoms with Crippen molar-refractivity contribution in [3.8, 4) is 11.1 Å². The van der Waals surface area contributed by atoms with E-state index in [1.54, 1.807) is 22.0 Å². The molecule has 0 aliphatic heterocycles. The summed E-state index contributed by atoms with van der Waals surface area (Å²) in [5.74, 6) is 0.441. The number of nitrogens with one attached hydrogen (secondary N) is 2. The highest BCUT2D eigenvalue weighted by Crippen LogP contribution is 2.28. The summed E-state index contributed by atoms with van der Waals surface area (Å²) in [4.78, 5) is 16.7. The fourth-order valence-corrected chi connectivity index (χ4v) is 3.07. The molecule has 2 aromatic heterocycles. The van der Waals surface area contributed by atoms with Crippen molar-refractivity contribution >= 4 is 34.6 Å². The van der Waals surface area contributed by atoms with Gasteiger partial charge >= 0.3 is 0 Å². The standard InChI is InChI=1S/C18H23IN4O3/c1-11-8-20-17(21-12(2)4-5-24)7-15(11)14-6-16(23(19)9-14)18(26)22-13(3)10-25/h4-9,12-13,24-25H,10H2,1-3H3,(H,20,21)(H,22,26)/t12-,13-/m0/s1. The van der Waals surface area contributed by atoms with Crippen LogP contribution in [0.15, 0.2) is 36.9 Å². The predicted octanol–water partition coefficient (Wildman–Crippen LogP) is 3.04. The van der Waals surface area contributed by atoms with E-state index in [9.17, 15) is 4.79 Å². The molecular formula is C18H23IN4O3. The van der Waals surface area contributed by atoms with Gasteiger partial charge in [-0.15, -0.1) is 0 Å². The van der Waals surface area contributed by atoms with Crippen molar-refractivity contribution in [2.45, 2.75) is 32.9 Å². The molecule has 0 aliphatic carbocycles. The largest absolute Gasteiger partial charge is 0.516 e. The van der Waals surface area contributed by atoms with E-state index in [0.717, 1.165) is 23.0 Å². The third kappa shape index (κ3) is 4.98. The monoisotopic (exact) mass is 470 g/mol. The molecule has 2 rings (SSSR count). The second-order valence-electron chi connectivity index (χ2n) is 6.14. The van der Waals surface area contributed by atoms with Gasteiger partial charge in [-0.3, -0.25) is 7.58 Å². The molecular weight excluding hydrogens is 447 g/mol. The fourth-order valence-electron chi connectivity index (χ4n) is 2.42. The number of halogens is 1. The van der Waals surface area contributed by atoms with Crippen LogP contribution in [-0.2, 0) is 0 Å². The highest BCUT2D eigenvalue weighted by Gasteiger charge is 2.16. The van der Waals surface area contributed by atoms with Crippen molar-refractivity contribution in [3.05, 3.63) is 48.1 Å². The van der Waals surface area contributed by atoms with Crippen LogP contribution in [0, 0.1) is 6.92 Å². The third-order valence-electron chi connectivity index (χ3n) is 3.82. The Morgan fingerprint density at radius 1 is 1.42 bits per heavy atom. The molecule has 0 saturated heterocycles. The first-order valence-electron chi connectivity index (χ1n) is 8.20. The fraction of sp³-hybridized carbons (Fsp3) is 0.333. The summed E-state index contributed by atoms with van der Waals surface area (Å²) < 4.78 is 1.73. The Hall–Kier alpha value is -2.07. The highest BCUT2D eigenvalue weighted by molar-refractivity contribution is 14.1. The maximum absolute atomic E-state index is 12.3. The topological polar surface area (TPSA) is 99.4 Å². The van der Waals surface area contributed by atoms with E-state index in [4.69, 9.17) is 10.2 Å². The van der Waals surface area contributed by atoms with Crippen molar-refractivity contribution < 1.29 is 15.0 Å². The summed E-state index contributed by atoms with van der Waals surface area (Å²) in [6.07, 6.45) is 6.27. The van der Waals surface area contributed by atoms with E-state index in [1.165, 1.54) is 0 Å². The van der Waals surface area contributed by atoms with E-state index in [0.29, 0.717) is 11.5 Å². The molecule has 0 spiro atoms. The minimum atomic E-state index is -0.309. The lowest BCUT2D eigenvalue weighted by atomic mass is 10.0. The van der Waals surface area contributed by atoms with E-state index < -0.39 is 0 Å². The van der Waals surface area contributed by atoms with Gasteiger partial charge in [0.25, 0.3) is 5.91 Å². The van der Waals surface area contributed by atoms with Crippen molar-refractivity contribution in [2.75, 3.05) is 11.9 Å². The van der Waals surface area contributed by atoms with Gasteiger partial charge in [0, 0.05) is 30.0 Å². The molecule has 0 aliphatic rings. The molecule has 26 heavy (non-hydrogen) atoms. The number of aliphatic hydroxyl groups is 2. The van der Waals surface area contributed by atoms with Crippen LogP contribution < -0.4 is 10.6 Å². The van der Waals surface area contributed by atoms with Gasteiger partial charge in [-0.1, -0.05) is 0 Å². The normalized spacial score (nSPS) is 13.6. The predicted molar refractivity (Wildman–Crippen MR) is 111 cm³/mol. The Kier molecular flexibility index (Phi) is 7.04. The van der Waals surface area contributed by atoms with Gasteiger partial charge in [0.15, 0.2) is 0 Å². The van der Waals surface area contributed by atoms with E-state index in [1.807, 2.05) is 32.2 Å². The summed E-state index contributed by atoms with van der Waals surface area (Å²) in [7, 11) is 0. The van der Waals surface area contributed by atoms with Crippen LogP contribution in [0.3, 0.4) is 0 Å². The number of hydrogen-bond donors (Lipinski definition) is 4. The lowest BCUT2D eigenvalue weighted by molar-refractivity contribution is 0.0917. The first kappa shape index (κ1) is 20.2. The number of carbonyl (C=O) groups is 1. The number of hydrogen-bond acceptors (Lipinski definition) is 5. The third-order valence-corrected chi connectivity index (χ3v) is 4.62. The van der Waals surface area contributed by atoms with E-state index >= 15 is 0 Å². The van der Waals surface area contributed by atoms with Gasteiger partial charge in [0.1, 0.15) is 11.5 Å². The van der Waals surface area contributed by atoms with Gasteiger partial charge in [0.05, 0.1) is 35.7 Å². The summed E-state index contributed by atoms with van der Waals surface area (Å²) in [6, 6.07) is 3.35. The maximum Gasteiger partial charge on any atom is 0.268 e. The van der Waals surface area contributed by atoms with Crippen LogP contribution in [0.1, 0.15) is 29.9 Å². The number of pyridine rings is 1. The number of amides is 1. The second kappa shape index (κ2) is 9.04. The second-order valence-corrected chi connectivity index (χ2v) is 7.18. The molecule has 0 fully saturated rings. The molecule has 2 heterocycles. The molecule has 0 radical (unpaired) electrons. The van der Waals surface area contributed by atoms with Crippen LogP contribution in [0.5, 0.6) is 0 Å². The Balaban J connectivity index is 2.31. The smallest absolute Gasteiger partial charge is 0.268 e. The van der Waals surface area contributed by atoms with Gasteiger partial charge < -0.3 is 20.8 Å². The Morgan fingerprint density at radius 3 is 2.81 bits per heavy atom. The molecule has 2 aromatic rings.